The van der Waals surface area contributed by atoms with Gasteiger partial charge in [0.25, 0.3) is 5.56 Å². The number of hydrogen-bond donors (Lipinski definition) is 1. The molecule has 1 N–H and O–H groups in total. The SMILES string of the molecule is Cc1cc(CN2CCc3nc(C(F)(F)F)[nH]c(=O)c3C2)sc1C. The van der Waals surface area contributed by atoms with Crippen LogP contribution in [0.25, 0.3) is 0 Å². The van der Waals surface area contributed by atoms with Gasteiger partial charge in [0.1, 0.15) is 0 Å². The quantitative estimate of drug-likeness (QED) is 0.912. The third-order valence-corrected chi connectivity index (χ3v) is 5.15. The first-order chi connectivity index (χ1) is 10.7. The lowest BCUT2D eigenvalue weighted by Crippen LogP contribution is -2.36. The fourth-order valence-corrected chi connectivity index (χ4v) is 3.79. The predicted octanol–water partition coefficient (Wildman–Crippen LogP) is 3.03. The summed E-state index contributed by atoms with van der Waals surface area (Å²) in [7, 11) is 0. The van der Waals surface area contributed by atoms with Crippen LogP contribution in [0.3, 0.4) is 0 Å². The Kier molecular flexibility index (Phi) is 4.05. The molecule has 124 valence electrons. The lowest BCUT2D eigenvalue weighted by molar-refractivity contribution is -0.145. The van der Waals surface area contributed by atoms with Crippen LogP contribution in [-0.4, -0.2) is 21.4 Å². The number of nitrogens with zero attached hydrogens (tertiary/aromatic N) is 2. The molecule has 1 aliphatic heterocycles. The highest BCUT2D eigenvalue weighted by atomic mass is 32.1. The Hall–Kier alpha value is -1.67. The first-order valence-corrected chi connectivity index (χ1v) is 8.03. The van der Waals surface area contributed by atoms with E-state index in [4.69, 9.17) is 0 Å². The number of H-pyrrole nitrogens is 1. The van der Waals surface area contributed by atoms with Gasteiger partial charge in [-0.15, -0.1) is 11.3 Å². The van der Waals surface area contributed by atoms with Crippen molar-refractivity contribution in [3.05, 3.63) is 48.8 Å². The topological polar surface area (TPSA) is 49.0 Å². The third kappa shape index (κ3) is 3.32. The monoisotopic (exact) mass is 343 g/mol. The van der Waals surface area contributed by atoms with Crippen LogP contribution < -0.4 is 5.56 Å². The molecule has 1 aliphatic rings. The van der Waals surface area contributed by atoms with Gasteiger partial charge in [-0.25, -0.2) is 4.98 Å². The number of thiophene rings is 1. The minimum atomic E-state index is -4.63. The van der Waals surface area contributed by atoms with E-state index in [9.17, 15) is 18.0 Å². The Labute approximate surface area is 135 Å². The van der Waals surface area contributed by atoms with Crippen molar-refractivity contribution in [2.45, 2.75) is 39.5 Å². The van der Waals surface area contributed by atoms with Gasteiger partial charge < -0.3 is 4.98 Å². The fourth-order valence-electron chi connectivity index (χ4n) is 2.70. The van der Waals surface area contributed by atoms with E-state index in [1.165, 1.54) is 15.3 Å². The lowest BCUT2D eigenvalue weighted by Gasteiger charge is -2.27. The number of rotatable bonds is 2. The summed E-state index contributed by atoms with van der Waals surface area (Å²) in [6, 6.07) is 2.12. The number of alkyl halides is 3. The summed E-state index contributed by atoms with van der Waals surface area (Å²) in [5.74, 6) is -1.21. The summed E-state index contributed by atoms with van der Waals surface area (Å²) in [6.07, 6.45) is -4.27. The first-order valence-electron chi connectivity index (χ1n) is 7.21. The molecular formula is C15H16F3N3OS. The molecule has 4 nitrogen and oxygen atoms in total. The van der Waals surface area contributed by atoms with Gasteiger partial charge in [0.2, 0.25) is 5.82 Å². The number of hydrogen-bond acceptors (Lipinski definition) is 4. The van der Waals surface area contributed by atoms with Crippen molar-refractivity contribution in [1.29, 1.82) is 0 Å². The molecule has 3 rings (SSSR count). The van der Waals surface area contributed by atoms with Crippen molar-refractivity contribution in [1.82, 2.24) is 14.9 Å². The molecule has 3 heterocycles. The molecule has 0 fully saturated rings. The highest BCUT2D eigenvalue weighted by Crippen LogP contribution is 2.27. The second-order valence-electron chi connectivity index (χ2n) is 5.75. The fraction of sp³-hybridized carbons (Fsp3) is 0.467. The van der Waals surface area contributed by atoms with Crippen LogP contribution in [0.5, 0.6) is 0 Å². The normalized spacial score (nSPS) is 15.7. The van der Waals surface area contributed by atoms with Crippen molar-refractivity contribution in [3.63, 3.8) is 0 Å². The number of aryl methyl sites for hydroxylation is 2. The molecule has 0 radical (unpaired) electrons. The van der Waals surface area contributed by atoms with Gasteiger partial charge in [-0.1, -0.05) is 0 Å². The van der Waals surface area contributed by atoms with Gasteiger partial charge in [0.15, 0.2) is 0 Å². The molecule has 0 spiro atoms. The Morgan fingerprint density at radius 1 is 1.39 bits per heavy atom. The van der Waals surface area contributed by atoms with Crippen molar-refractivity contribution in [2.75, 3.05) is 6.54 Å². The summed E-state index contributed by atoms with van der Waals surface area (Å²) < 4.78 is 38.1. The van der Waals surface area contributed by atoms with E-state index >= 15 is 0 Å². The molecule has 0 aromatic carbocycles. The van der Waals surface area contributed by atoms with Crippen LogP contribution in [0.2, 0.25) is 0 Å². The summed E-state index contributed by atoms with van der Waals surface area (Å²) in [4.78, 5) is 21.9. The third-order valence-electron chi connectivity index (χ3n) is 4.01. The Morgan fingerprint density at radius 3 is 2.74 bits per heavy atom. The van der Waals surface area contributed by atoms with E-state index in [-0.39, 0.29) is 5.69 Å². The zero-order valence-corrected chi connectivity index (χ0v) is 13.6. The van der Waals surface area contributed by atoms with Crippen molar-refractivity contribution < 1.29 is 13.2 Å². The molecule has 0 saturated carbocycles. The number of nitrogens with one attached hydrogen (secondary N) is 1. The van der Waals surface area contributed by atoms with Crippen molar-refractivity contribution in [3.8, 4) is 0 Å². The summed E-state index contributed by atoms with van der Waals surface area (Å²) in [6.45, 7) is 5.72. The molecule has 23 heavy (non-hydrogen) atoms. The molecule has 0 amide bonds. The van der Waals surface area contributed by atoms with Crippen LogP contribution in [0.1, 0.15) is 32.4 Å². The number of fused-ring (bicyclic) bond motifs is 1. The van der Waals surface area contributed by atoms with Gasteiger partial charge in [0, 0.05) is 35.8 Å². The highest BCUT2D eigenvalue weighted by molar-refractivity contribution is 7.12. The van der Waals surface area contributed by atoms with Gasteiger partial charge in [-0.3, -0.25) is 9.69 Å². The molecule has 8 heteroatoms. The Bertz CT molecular complexity index is 775. The van der Waals surface area contributed by atoms with Gasteiger partial charge in [-0.05, 0) is 25.5 Å². The van der Waals surface area contributed by atoms with E-state index in [0.717, 1.165) is 0 Å². The maximum atomic E-state index is 12.7. The summed E-state index contributed by atoms with van der Waals surface area (Å²) in [5, 5.41) is 0. The second-order valence-corrected chi connectivity index (χ2v) is 7.09. The molecule has 0 saturated heterocycles. The van der Waals surface area contributed by atoms with Gasteiger partial charge in [0.05, 0.1) is 11.3 Å². The van der Waals surface area contributed by atoms with E-state index in [1.54, 1.807) is 11.3 Å². The van der Waals surface area contributed by atoms with Gasteiger partial charge >= 0.3 is 6.18 Å². The first kappa shape index (κ1) is 16.2. The van der Waals surface area contributed by atoms with Crippen molar-refractivity contribution in [2.24, 2.45) is 0 Å². The van der Waals surface area contributed by atoms with E-state index in [0.29, 0.717) is 31.6 Å². The molecule has 2 aromatic heterocycles. The van der Waals surface area contributed by atoms with Crippen LogP contribution in [0, 0.1) is 13.8 Å². The maximum absolute atomic E-state index is 12.7. The molecular weight excluding hydrogens is 327 g/mol. The van der Waals surface area contributed by atoms with E-state index in [1.807, 2.05) is 11.9 Å². The van der Waals surface area contributed by atoms with Crippen LogP contribution in [0.4, 0.5) is 13.2 Å². The zero-order valence-electron chi connectivity index (χ0n) is 12.8. The van der Waals surface area contributed by atoms with Crippen molar-refractivity contribution >= 4 is 11.3 Å². The number of halogens is 3. The highest BCUT2D eigenvalue weighted by Gasteiger charge is 2.35. The minimum Gasteiger partial charge on any atom is -0.303 e. The summed E-state index contributed by atoms with van der Waals surface area (Å²) in [5.41, 5.74) is 1.15. The van der Waals surface area contributed by atoms with E-state index in [2.05, 4.69) is 22.9 Å². The number of aromatic amines is 1. The van der Waals surface area contributed by atoms with Crippen LogP contribution in [-0.2, 0) is 25.7 Å². The number of aromatic nitrogens is 2. The average Bonchev–Trinajstić information content (AvgIpc) is 2.76. The van der Waals surface area contributed by atoms with E-state index < -0.39 is 17.6 Å². The summed E-state index contributed by atoms with van der Waals surface area (Å²) >= 11 is 1.71. The molecule has 2 aromatic rings. The van der Waals surface area contributed by atoms with Crippen LogP contribution in [0.15, 0.2) is 10.9 Å². The maximum Gasteiger partial charge on any atom is 0.449 e. The Morgan fingerprint density at radius 2 is 2.13 bits per heavy atom. The smallest absolute Gasteiger partial charge is 0.303 e. The molecule has 0 bridgehead atoms. The molecule has 0 unspecified atom stereocenters. The minimum absolute atomic E-state index is 0.260. The predicted molar refractivity (Wildman–Crippen MR) is 81.5 cm³/mol. The molecule has 0 atom stereocenters. The largest absolute Gasteiger partial charge is 0.449 e. The van der Waals surface area contributed by atoms with Gasteiger partial charge in [-0.2, -0.15) is 13.2 Å². The molecule has 0 aliphatic carbocycles. The average molecular weight is 343 g/mol. The van der Waals surface area contributed by atoms with Crippen LogP contribution >= 0.6 is 11.3 Å². The second kappa shape index (κ2) is 5.76. The Balaban J connectivity index is 1.82. The zero-order chi connectivity index (χ0) is 16.8. The standard InChI is InChI=1S/C15H16F3N3OS/c1-8-5-10(23-9(8)2)6-21-4-3-12-11(7-21)13(22)20-14(19-12)15(16,17)18/h5H,3-4,6-7H2,1-2H3,(H,19,20,22). The lowest BCUT2D eigenvalue weighted by atomic mass is 10.1.